The number of hydrogen-bond donors (Lipinski definition) is 1. The van der Waals surface area contributed by atoms with Gasteiger partial charge in [-0.3, -0.25) is 9.59 Å². The van der Waals surface area contributed by atoms with E-state index in [0.717, 1.165) is 21.4 Å². The molecule has 3 aromatic rings. The standard InChI is InChI=1S/C21H20N2O3/c1-15-9-11-18(12-10-15)22-20(24)19-8-5-13-23(21(19)25)26-14-17-7-4-3-6-16(17)2/h3-13H,14H2,1-2H3,(H,22,24). The molecule has 1 N–H and O–H groups in total. The zero-order valence-corrected chi connectivity index (χ0v) is 14.7. The minimum atomic E-state index is -0.495. The van der Waals surface area contributed by atoms with Gasteiger partial charge in [-0.15, -0.1) is 0 Å². The zero-order chi connectivity index (χ0) is 18.5. The van der Waals surface area contributed by atoms with Crippen molar-refractivity contribution < 1.29 is 9.63 Å². The minimum absolute atomic E-state index is 0.0258. The molecular weight excluding hydrogens is 328 g/mol. The van der Waals surface area contributed by atoms with E-state index in [9.17, 15) is 9.59 Å². The zero-order valence-electron chi connectivity index (χ0n) is 14.7. The summed E-state index contributed by atoms with van der Waals surface area (Å²) in [6.45, 7) is 4.19. The van der Waals surface area contributed by atoms with Crippen molar-refractivity contribution in [3.8, 4) is 0 Å². The first-order chi connectivity index (χ1) is 12.5. The molecule has 0 spiro atoms. The second-order valence-electron chi connectivity index (χ2n) is 6.07. The van der Waals surface area contributed by atoms with Gasteiger partial charge in [-0.25, -0.2) is 0 Å². The maximum Gasteiger partial charge on any atom is 0.295 e. The summed E-state index contributed by atoms with van der Waals surface area (Å²) in [4.78, 5) is 30.5. The fourth-order valence-corrected chi connectivity index (χ4v) is 2.50. The van der Waals surface area contributed by atoms with Crippen LogP contribution < -0.4 is 15.7 Å². The van der Waals surface area contributed by atoms with Gasteiger partial charge < -0.3 is 10.2 Å². The lowest BCUT2D eigenvalue weighted by molar-refractivity contribution is 0.0861. The fraction of sp³-hybridized carbons (Fsp3) is 0.143. The van der Waals surface area contributed by atoms with Crippen molar-refractivity contribution in [2.24, 2.45) is 0 Å². The van der Waals surface area contributed by atoms with Crippen LogP contribution in [0.3, 0.4) is 0 Å². The number of amides is 1. The fourth-order valence-electron chi connectivity index (χ4n) is 2.50. The molecule has 1 heterocycles. The largest absolute Gasteiger partial charge is 0.406 e. The highest BCUT2D eigenvalue weighted by Gasteiger charge is 2.13. The summed E-state index contributed by atoms with van der Waals surface area (Å²) in [5.41, 5.74) is 3.32. The molecule has 0 atom stereocenters. The van der Waals surface area contributed by atoms with E-state index < -0.39 is 11.5 Å². The molecule has 0 fully saturated rings. The summed E-state index contributed by atoms with van der Waals surface area (Å²) < 4.78 is 1.09. The quantitative estimate of drug-likeness (QED) is 0.769. The molecule has 1 amide bonds. The lowest BCUT2D eigenvalue weighted by atomic mass is 10.1. The van der Waals surface area contributed by atoms with Crippen molar-refractivity contribution >= 4 is 11.6 Å². The predicted molar refractivity (Wildman–Crippen MR) is 101 cm³/mol. The summed E-state index contributed by atoms with van der Waals surface area (Å²) in [7, 11) is 0. The molecule has 0 aliphatic carbocycles. The molecule has 2 aromatic carbocycles. The number of nitrogens with zero attached hydrogens (tertiary/aromatic N) is 1. The van der Waals surface area contributed by atoms with Gasteiger partial charge in [-0.05, 0) is 49.2 Å². The Balaban J connectivity index is 1.76. The van der Waals surface area contributed by atoms with Gasteiger partial charge in [0.25, 0.3) is 11.5 Å². The first-order valence-electron chi connectivity index (χ1n) is 8.32. The molecule has 0 aliphatic heterocycles. The number of aromatic nitrogens is 1. The van der Waals surface area contributed by atoms with E-state index in [2.05, 4.69) is 5.32 Å². The van der Waals surface area contributed by atoms with Gasteiger partial charge in [-0.1, -0.05) is 42.0 Å². The molecule has 0 bridgehead atoms. The van der Waals surface area contributed by atoms with E-state index in [4.69, 9.17) is 4.84 Å². The van der Waals surface area contributed by atoms with Crippen LogP contribution in [0.1, 0.15) is 27.0 Å². The van der Waals surface area contributed by atoms with Gasteiger partial charge in [0.2, 0.25) is 0 Å². The molecule has 26 heavy (non-hydrogen) atoms. The summed E-state index contributed by atoms with van der Waals surface area (Å²) in [5, 5.41) is 2.73. The van der Waals surface area contributed by atoms with Gasteiger partial charge in [0.15, 0.2) is 0 Å². The van der Waals surface area contributed by atoms with Crippen LogP contribution in [0.25, 0.3) is 0 Å². The van der Waals surface area contributed by atoms with Crippen molar-refractivity contribution in [2.75, 3.05) is 5.32 Å². The Labute approximate surface area is 151 Å². The number of aryl methyl sites for hydroxylation is 2. The van der Waals surface area contributed by atoms with Crippen LogP contribution >= 0.6 is 0 Å². The van der Waals surface area contributed by atoms with Crippen molar-refractivity contribution in [3.63, 3.8) is 0 Å². The summed E-state index contributed by atoms with van der Waals surface area (Å²) in [5.74, 6) is -0.465. The minimum Gasteiger partial charge on any atom is -0.406 e. The number of benzene rings is 2. The molecule has 0 saturated carbocycles. The summed E-state index contributed by atoms with van der Waals surface area (Å²) >= 11 is 0. The monoisotopic (exact) mass is 348 g/mol. The number of hydrogen-bond acceptors (Lipinski definition) is 3. The Bertz CT molecular complexity index is 975. The molecular formula is C21H20N2O3. The van der Waals surface area contributed by atoms with Crippen molar-refractivity contribution in [1.29, 1.82) is 0 Å². The van der Waals surface area contributed by atoms with Gasteiger partial charge in [-0.2, -0.15) is 4.73 Å². The van der Waals surface area contributed by atoms with Crippen molar-refractivity contribution in [1.82, 2.24) is 4.73 Å². The highest BCUT2D eigenvalue weighted by molar-refractivity contribution is 6.03. The van der Waals surface area contributed by atoms with Gasteiger partial charge >= 0.3 is 0 Å². The lowest BCUT2D eigenvalue weighted by Gasteiger charge is -2.11. The molecule has 132 valence electrons. The van der Waals surface area contributed by atoms with E-state index >= 15 is 0 Å². The highest BCUT2D eigenvalue weighted by Crippen LogP contribution is 2.10. The Morgan fingerprint density at radius 3 is 2.46 bits per heavy atom. The molecule has 0 saturated heterocycles. The van der Waals surface area contributed by atoms with E-state index in [1.54, 1.807) is 18.2 Å². The van der Waals surface area contributed by atoms with E-state index in [0.29, 0.717) is 5.69 Å². The van der Waals surface area contributed by atoms with Gasteiger partial charge in [0, 0.05) is 11.9 Å². The van der Waals surface area contributed by atoms with Crippen LogP contribution in [0.2, 0.25) is 0 Å². The number of carbonyl (C=O) groups excluding carboxylic acids is 1. The molecule has 5 heteroatoms. The van der Waals surface area contributed by atoms with Crippen LogP contribution in [-0.2, 0) is 6.61 Å². The van der Waals surface area contributed by atoms with Crippen LogP contribution in [0.4, 0.5) is 5.69 Å². The topological polar surface area (TPSA) is 60.3 Å². The molecule has 3 rings (SSSR count). The van der Waals surface area contributed by atoms with Crippen LogP contribution in [0, 0.1) is 13.8 Å². The first-order valence-corrected chi connectivity index (χ1v) is 8.32. The second-order valence-corrected chi connectivity index (χ2v) is 6.07. The molecule has 0 unspecified atom stereocenters. The third-order valence-corrected chi connectivity index (χ3v) is 4.09. The average Bonchev–Trinajstić information content (AvgIpc) is 2.64. The summed E-state index contributed by atoms with van der Waals surface area (Å²) in [6, 6.07) is 18.3. The third-order valence-electron chi connectivity index (χ3n) is 4.09. The average molecular weight is 348 g/mol. The molecule has 0 aliphatic rings. The lowest BCUT2D eigenvalue weighted by Crippen LogP contribution is -2.32. The first kappa shape index (κ1) is 17.5. The molecule has 5 nitrogen and oxygen atoms in total. The van der Waals surface area contributed by atoms with Crippen molar-refractivity contribution in [3.05, 3.63) is 99.5 Å². The number of carbonyl (C=O) groups is 1. The highest BCUT2D eigenvalue weighted by atomic mass is 16.7. The van der Waals surface area contributed by atoms with E-state index in [1.165, 1.54) is 12.3 Å². The Kier molecular flexibility index (Phi) is 5.17. The summed E-state index contributed by atoms with van der Waals surface area (Å²) in [6.07, 6.45) is 1.50. The van der Waals surface area contributed by atoms with E-state index in [-0.39, 0.29) is 12.2 Å². The number of anilines is 1. The molecule has 1 aromatic heterocycles. The smallest absolute Gasteiger partial charge is 0.295 e. The maximum atomic E-state index is 12.5. The Morgan fingerprint density at radius 1 is 1.00 bits per heavy atom. The van der Waals surface area contributed by atoms with Crippen LogP contribution in [-0.4, -0.2) is 10.6 Å². The van der Waals surface area contributed by atoms with Gasteiger partial charge in [0.1, 0.15) is 12.2 Å². The van der Waals surface area contributed by atoms with Gasteiger partial charge in [0.05, 0.1) is 0 Å². The Morgan fingerprint density at radius 2 is 1.73 bits per heavy atom. The molecule has 0 radical (unpaired) electrons. The van der Waals surface area contributed by atoms with Crippen molar-refractivity contribution in [2.45, 2.75) is 20.5 Å². The van der Waals surface area contributed by atoms with E-state index in [1.807, 2.05) is 50.2 Å². The van der Waals surface area contributed by atoms with Crippen LogP contribution in [0.5, 0.6) is 0 Å². The van der Waals surface area contributed by atoms with Crippen LogP contribution in [0.15, 0.2) is 71.7 Å². The second kappa shape index (κ2) is 7.70. The number of rotatable bonds is 5. The Hall–Kier alpha value is -3.34. The SMILES string of the molecule is Cc1ccc(NC(=O)c2cccn(OCc3ccccc3C)c2=O)cc1. The number of nitrogens with one attached hydrogen (secondary N) is 1. The number of pyridine rings is 1. The normalized spacial score (nSPS) is 10.4. The third kappa shape index (κ3) is 4.00. The maximum absolute atomic E-state index is 12.5. The predicted octanol–water partition coefficient (Wildman–Crippen LogP) is 3.35.